The average molecular weight is 262 g/mol. The molecular formula is C12H26N2S2. The van der Waals surface area contributed by atoms with E-state index in [1.807, 2.05) is 13.8 Å². The topological polar surface area (TPSA) is 24.1 Å². The maximum atomic E-state index is 4.87. The van der Waals surface area contributed by atoms with Crippen molar-refractivity contribution in [1.82, 2.24) is 10.6 Å². The van der Waals surface area contributed by atoms with Gasteiger partial charge in [0.05, 0.1) is 0 Å². The molecule has 4 heteroatoms. The summed E-state index contributed by atoms with van der Waals surface area (Å²) in [6, 6.07) is 0. The summed E-state index contributed by atoms with van der Waals surface area (Å²) in [6.45, 7) is 10.5. The second-order valence-corrected chi connectivity index (χ2v) is 7.03. The van der Waals surface area contributed by atoms with Gasteiger partial charge in [-0.15, -0.1) is 0 Å². The van der Waals surface area contributed by atoms with Gasteiger partial charge in [0.15, 0.2) is 0 Å². The van der Waals surface area contributed by atoms with Crippen LogP contribution >= 0.6 is 25.3 Å². The van der Waals surface area contributed by atoms with Gasteiger partial charge in [0.25, 0.3) is 0 Å². The summed E-state index contributed by atoms with van der Waals surface area (Å²) >= 11 is 9.56. The van der Waals surface area contributed by atoms with Crippen molar-refractivity contribution in [3.63, 3.8) is 0 Å². The molecule has 16 heavy (non-hydrogen) atoms. The van der Waals surface area contributed by atoms with E-state index in [9.17, 15) is 0 Å². The summed E-state index contributed by atoms with van der Waals surface area (Å²) in [5.74, 6) is 0.650. The van der Waals surface area contributed by atoms with Crippen molar-refractivity contribution in [2.45, 2.75) is 43.1 Å². The highest BCUT2D eigenvalue weighted by Crippen LogP contribution is 2.39. The van der Waals surface area contributed by atoms with Crippen LogP contribution < -0.4 is 10.6 Å². The van der Waals surface area contributed by atoms with Gasteiger partial charge in [0, 0.05) is 22.6 Å². The maximum absolute atomic E-state index is 4.87. The zero-order valence-corrected chi connectivity index (χ0v) is 12.5. The SMILES string of the molecule is CC.C[C@@]1(S)CNCC(C2(S)CCNC2)C1. The minimum Gasteiger partial charge on any atom is -0.315 e. The Morgan fingerprint density at radius 3 is 2.31 bits per heavy atom. The van der Waals surface area contributed by atoms with E-state index < -0.39 is 0 Å². The van der Waals surface area contributed by atoms with Crippen molar-refractivity contribution >= 4 is 25.3 Å². The summed E-state index contributed by atoms with van der Waals surface area (Å²) in [7, 11) is 0. The van der Waals surface area contributed by atoms with Crippen LogP contribution in [0.2, 0.25) is 0 Å². The zero-order chi connectivity index (χ0) is 12.2. The van der Waals surface area contributed by atoms with Gasteiger partial charge in [0.1, 0.15) is 0 Å². The smallest absolute Gasteiger partial charge is 0.0307 e. The molecule has 0 aliphatic carbocycles. The summed E-state index contributed by atoms with van der Waals surface area (Å²) in [4.78, 5) is 0. The molecule has 0 spiro atoms. The molecule has 2 saturated heterocycles. The van der Waals surface area contributed by atoms with E-state index in [0.29, 0.717) is 5.92 Å². The van der Waals surface area contributed by atoms with Gasteiger partial charge in [-0.1, -0.05) is 13.8 Å². The average Bonchev–Trinajstić information content (AvgIpc) is 2.68. The van der Waals surface area contributed by atoms with Crippen molar-refractivity contribution in [1.29, 1.82) is 0 Å². The van der Waals surface area contributed by atoms with Crippen molar-refractivity contribution in [3.8, 4) is 0 Å². The number of piperidine rings is 1. The van der Waals surface area contributed by atoms with Gasteiger partial charge in [0.2, 0.25) is 0 Å². The predicted molar refractivity (Wildman–Crippen MR) is 78.9 cm³/mol. The first-order valence-corrected chi connectivity index (χ1v) is 7.28. The molecule has 0 bridgehead atoms. The Morgan fingerprint density at radius 2 is 1.81 bits per heavy atom. The molecular weight excluding hydrogens is 236 g/mol. The molecule has 0 aromatic heterocycles. The van der Waals surface area contributed by atoms with Gasteiger partial charge in [-0.3, -0.25) is 0 Å². The van der Waals surface area contributed by atoms with E-state index in [-0.39, 0.29) is 9.49 Å². The van der Waals surface area contributed by atoms with Crippen LogP contribution in [0, 0.1) is 5.92 Å². The Hall–Kier alpha value is 0.620. The van der Waals surface area contributed by atoms with Crippen LogP contribution in [0.15, 0.2) is 0 Å². The number of hydrogen-bond donors (Lipinski definition) is 4. The number of rotatable bonds is 1. The molecule has 2 nitrogen and oxygen atoms in total. The summed E-state index contributed by atoms with van der Waals surface area (Å²) in [5.41, 5.74) is 0. The van der Waals surface area contributed by atoms with Crippen LogP contribution in [0.4, 0.5) is 0 Å². The summed E-state index contributed by atoms with van der Waals surface area (Å²) in [6.07, 6.45) is 2.36. The fourth-order valence-corrected chi connectivity index (χ4v) is 3.36. The van der Waals surface area contributed by atoms with Crippen LogP contribution in [0.3, 0.4) is 0 Å². The lowest BCUT2D eigenvalue weighted by Crippen LogP contribution is -2.51. The van der Waals surface area contributed by atoms with E-state index in [1.165, 1.54) is 12.8 Å². The Labute approximate surface area is 111 Å². The molecule has 3 atom stereocenters. The molecule has 2 N–H and O–H groups in total. The molecule has 2 aliphatic heterocycles. The lowest BCUT2D eigenvalue weighted by atomic mass is 9.80. The minimum absolute atomic E-state index is 0.140. The van der Waals surface area contributed by atoms with Crippen molar-refractivity contribution in [3.05, 3.63) is 0 Å². The third kappa shape index (κ3) is 3.56. The Kier molecular flexibility index (Phi) is 5.49. The van der Waals surface area contributed by atoms with E-state index in [0.717, 1.165) is 26.2 Å². The molecule has 2 fully saturated rings. The largest absolute Gasteiger partial charge is 0.315 e. The number of nitrogens with one attached hydrogen (secondary N) is 2. The first kappa shape index (κ1) is 14.7. The van der Waals surface area contributed by atoms with Crippen molar-refractivity contribution in [2.75, 3.05) is 26.2 Å². The van der Waals surface area contributed by atoms with E-state index in [2.05, 4.69) is 17.6 Å². The highest BCUT2D eigenvalue weighted by molar-refractivity contribution is 7.82. The monoisotopic (exact) mass is 262 g/mol. The van der Waals surface area contributed by atoms with Crippen LogP contribution in [-0.2, 0) is 0 Å². The number of thiol groups is 2. The van der Waals surface area contributed by atoms with Crippen LogP contribution in [0.25, 0.3) is 0 Å². The lowest BCUT2D eigenvalue weighted by molar-refractivity contribution is 0.275. The lowest BCUT2D eigenvalue weighted by Gasteiger charge is -2.42. The molecule has 2 unspecified atom stereocenters. The molecule has 2 aliphatic rings. The molecule has 0 aromatic rings. The second-order valence-electron chi connectivity index (χ2n) is 5.06. The van der Waals surface area contributed by atoms with Gasteiger partial charge < -0.3 is 10.6 Å². The van der Waals surface area contributed by atoms with Gasteiger partial charge in [-0.25, -0.2) is 0 Å². The maximum Gasteiger partial charge on any atom is 0.0307 e. The molecule has 0 aromatic carbocycles. The molecule has 0 amide bonds. The highest BCUT2D eigenvalue weighted by atomic mass is 32.1. The quantitative estimate of drug-likeness (QED) is 0.543. The Balaban J connectivity index is 0.000000606. The second kappa shape index (κ2) is 5.98. The summed E-state index contributed by atoms with van der Waals surface area (Å²) in [5, 5.41) is 6.88. The van der Waals surface area contributed by atoms with E-state index in [4.69, 9.17) is 25.3 Å². The highest BCUT2D eigenvalue weighted by Gasteiger charge is 2.42. The molecule has 2 rings (SSSR count). The van der Waals surface area contributed by atoms with Crippen LogP contribution in [0.5, 0.6) is 0 Å². The Bertz CT molecular complexity index is 213. The molecule has 2 heterocycles. The first-order chi connectivity index (χ1) is 7.52. The Morgan fingerprint density at radius 1 is 1.12 bits per heavy atom. The fraction of sp³-hybridized carbons (Fsp3) is 1.00. The van der Waals surface area contributed by atoms with Gasteiger partial charge in [-0.05, 0) is 38.8 Å². The molecule has 0 radical (unpaired) electrons. The van der Waals surface area contributed by atoms with Gasteiger partial charge in [-0.2, -0.15) is 25.3 Å². The van der Waals surface area contributed by atoms with E-state index >= 15 is 0 Å². The fourth-order valence-electron chi connectivity index (χ4n) is 2.62. The third-order valence-electron chi connectivity index (χ3n) is 3.51. The van der Waals surface area contributed by atoms with Gasteiger partial charge >= 0.3 is 0 Å². The minimum atomic E-state index is 0.140. The van der Waals surface area contributed by atoms with Crippen LogP contribution in [-0.4, -0.2) is 35.7 Å². The predicted octanol–water partition coefficient (Wildman–Crippen LogP) is 1.97. The van der Waals surface area contributed by atoms with Crippen LogP contribution in [0.1, 0.15) is 33.6 Å². The standard InChI is InChI=1S/C10H20N2S2.C2H6/c1-9(13)4-8(5-12-6-9)10(14)2-3-11-7-10;1-2/h8,11-14H,2-7H2,1H3;1-2H3/t8?,9-,10?;/m0./s1. The first-order valence-electron chi connectivity index (χ1n) is 6.38. The normalized spacial score (nSPS) is 43.7. The van der Waals surface area contributed by atoms with E-state index in [1.54, 1.807) is 0 Å². The molecule has 96 valence electrons. The molecule has 0 saturated carbocycles. The van der Waals surface area contributed by atoms with Crippen molar-refractivity contribution < 1.29 is 0 Å². The third-order valence-corrected chi connectivity index (χ3v) is 4.60. The summed E-state index contributed by atoms with van der Waals surface area (Å²) < 4.78 is 0.332. The number of hydrogen-bond acceptors (Lipinski definition) is 4. The zero-order valence-electron chi connectivity index (χ0n) is 10.7. The van der Waals surface area contributed by atoms with Crippen molar-refractivity contribution in [2.24, 2.45) is 5.92 Å².